The Hall–Kier alpha value is -3.03. The molecular formula is C19H20N4O7S2. The molecule has 1 fully saturated rings. The van der Waals surface area contributed by atoms with Crippen molar-refractivity contribution < 1.29 is 30.5 Å². The van der Waals surface area contributed by atoms with E-state index >= 15 is 0 Å². The molecule has 1 N–H and O–H groups in total. The fourth-order valence-corrected chi connectivity index (χ4v) is 5.61. The zero-order valence-electron chi connectivity index (χ0n) is 17.0. The monoisotopic (exact) mass is 480 g/mol. The van der Waals surface area contributed by atoms with Crippen LogP contribution in [-0.4, -0.2) is 56.6 Å². The Kier molecular flexibility index (Phi) is 5.88. The molecule has 1 aromatic carbocycles. The predicted molar refractivity (Wildman–Crippen MR) is 112 cm³/mol. The molecule has 2 aromatic heterocycles. The van der Waals surface area contributed by atoms with Crippen molar-refractivity contribution in [3.63, 3.8) is 0 Å². The van der Waals surface area contributed by atoms with Gasteiger partial charge in [0.25, 0.3) is 5.89 Å². The standard InChI is InChI=1S/C19H20N4O7S2/c1-31(25,26)14-4-2-5-15(12-14)32(27,28)23-9-7-13(8-10-23)17(24)20-19-22-21-18(30-19)16-6-3-11-29-16/h2-6,11-13H,7-10H2,1H3,(H,20,22,24). The highest BCUT2D eigenvalue weighted by Crippen LogP contribution is 2.26. The molecular weight excluding hydrogens is 460 g/mol. The normalized spacial score (nSPS) is 16.2. The third-order valence-corrected chi connectivity index (χ3v) is 8.09. The maximum absolute atomic E-state index is 12.9. The first-order valence-corrected chi connectivity index (χ1v) is 13.0. The van der Waals surface area contributed by atoms with Gasteiger partial charge >= 0.3 is 6.01 Å². The molecule has 1 aliphatic heterocycles. The van der Waals surface area contributed by atoms with Gasteiger partial charge in [-0.1, -0.05) is 11.2 Å². The molecule has 0 aliphatic carbocycles. The van der Waals surface area contributed by atoms with Crippen molar-refractivity contribution >= 4 is 31.8 Å². The predicted octanol–water partition coefficient (Wildman–Crippen LogP) is 1.77. The molecule has 11 nitrogen and oxygen atoms in total. The molecule has 1 amide bonds. The molecule has 1 aliphatic rings. The number of sulfone groups is 1. The average Bonchev–Trinajstić information content (AvgIpc) is 3.45. The molecule has 0 radical (unpaired) electrons. The van der Waals surface area contributed by atoms with Gasteiger partial charge in [-0.3, -0.25) is 10.1 Å². The molecule has 170 valence electrons. The largest absolute Gasteiger partial charge is 0.459 e. The summed E-state index contributed by atoms with van der Waals surface area (Å²) in [6, 6.07) is 8.47. The molecule has 1 saturated heterocycles. The third kappa shape index (κ3) is 4.59. The van der Waals surface area contributed by atoms with Crippen molar-refractivity contribution in [1.29, 1.82) is 0 Å². The van der Waals surface area contributed by atoms with E-state index in [1.54, 1.807) is 12.1 Å². The van der Waals surface area contributed by atoms with Crippen LogP contribution in [0, 0.1) is 5.92 Å². The van der Waals surface area contributed by atoms with Crippen molar-refractivity contribution in [3.05, 3.63) is 42.7 Å². The summed E-state index contributed by atoms with van der Waals surface area (Å²) in [5.74, 6) is -0.294. The van der Waals surface area contributed by atoms with Gasteiger partial charge in [-0.05, 0) is 43.2 Å². The van der Waals surface area contributed by atoms with Gasteiger partial charge in [0.2, 0.25) is 15.9 Å². The number of carbonyl (C=O) groups excluding carboxylic acids is 1. The number of amides is 1. The van der Waals surface area contributed by atoms with Gasteiger partial charge in [0.1, 0.15) is 0 Å². The highest BCUT2D eigenvalue weighted by atomic mass is 32.2. The second-order valence-corrected chi connectivity index (χ2v) is 11.3. The highest BCUT2D eigenvalue weighted by Gasteiger charge is 2.33. The molecule has 3 aromatic rings. The number of carbonyl (C=O) groups is 1. The lowest BCUT2D eigenvalue weighted by Crippen LogP contribution is -2.41. The number of rotatable bonds is 6. The fourth-order valence-electron chi connectivity index (χ4n) is 3.35. The number of aromatic nitrogens is 2. The van der Waals surface area contributed by atoms with Crippen LogP contribution in [0.4, 0.5) is 6.01 Å². The maximum Gasteiger partial charge on any atom is 0.322 e. The quantitative estimate of drug-likeness (QED) is 0.556. The Morgan fingerprint density at radius 1 is 1.06 bits per heavy atom. The maximum atomic E-state index is 12.9. The summed E-state index contributed by atoms with van der Waals surface area (Å²) in [5, 5.41) is 10.1. The first-order chi connectivity index (χ1) is 15.1. The Morgan fingerprint density at radius 2 is 1.78 bits per heavy atom. The number of benzene rings is 1. The summed E-state index contributed by atoms with van der Waals surface area (Å²) < 4.78 is 61.1. The number of sulfonamides is 1. The molecule has 32 heavy (non-hydrogen) atoms. The smallest absolute Gasteiger partial charge is 0.322 e. The molecule has 0 unspecified atom stereocenters. The van der Waals surface area contributed by atoms with Crippen LogP contribution < -0.4 is 5.32 Å². The van der Waals surface area contributed by atoms with Crippen molar-refractivity contribution in [2.45, 2.75) is 22.6 Å². The minimum absolute atomic E-state index is 0.0682. The molecule has 0 spiro atoms. The molecule has 13 heteroatoms. The second-order valence-electron chi connectivity index (χ2n) is 7.30. The van der Waals surface area contributed by atoms with E-state index in [0.29, 0.717) is 5.76 Å². The number of furan rings is 1. The number of nitrogens with zero attached hydrogens (tertiary/aromatic N) is 3. The summed E-state index contributed by atoms with van der Waals surface area (Å²) in [4.78, 5) is 12.4. The van der Waals surface area contributed by atoms with Crippen LogP contribution in [0.5, 0.6) is 0 Å². The summed E-state index contributed by atoms with van der Waals surface area (Å²) >= 11 is 0. The van der Waals surface area contributed by atoms with E-state index in [9.17, 15) is 21.6 Å². The zero-order chi connectivity index (χ0) is 22.9. The number of anilines is 1. The van der Waals surface area contributed by atoms with Gasteiger partial charge in [-0.2, -0.15) is 4.31 Å². The average molecular weight is 481 g/mol. The van der Waals surface area contributed by atoms with Gasteiger partial charge in [0.05, 0.1) is 16.1 Å². The van der Waals surface area contributed by atoms with E-state index < -0.39 is 25.8 Å². The van der Waals surface area contributed by atoms with Crippen LogP contribution in [0.25, 0.3) is 11.7 Å². The topological polar surface area (TPSA) is 153 Å². The lowest BCUT2D eigenvalue weighted by Gasteiger charge is -2.30. The van der Waals surface area contributed by atoms with Gasteiger partial charge < -0.3 is 8.83 Å². The van der Waals surface area contributed by atoms with Crippen molar-refractivity contribution in [2.24, 2.45) is 5.92 Å². The number of hydrogen-bond donors (Lipinski definition) is 1. The van der Waals surface area contributed by atoms with E-state index in [1.165, 1.54) is 28.8 Å². The first kappa shape index (κ1) is 22.2. The summed E-state index contributed by atoms with van der Waals surface area (Å²) in [5.41, 5.74) is 0. The molecule has 0 saturated carbocycles. The minimum Gasteiger partial charge on any atom is -0.459 e. The summed E-state index contributed by atoms with van der Waals surface area (Å²) in [6.07, 6.45) is 3.05. The van der Waals surface area contributed by atoms with Crippen molar-refractivity contribution in [2.75, 3.05) is 24.7 Å². The van der Waals surface area contributed by atoms with E-state index in [0.717, 1.165) is 12.3 Å². The number of piperidine rings is 1. The lowest BCUT2D eigenvalue weighted by atomic mass is 9.97. The minimum atomic E-state index is -3.89. The van der Waals surface area contributed by atoms with E-state index in [2.05, 4.69) is 15.5 Å². The lowest BCUT2D eigenvalue weighted by molar-refractivity contribution is -0.121. The second kappa shape index (κ2) is 8.48. The number of nitrogens with one attached hydrogen (secondary N) is 1. The van der Waals surface area contributed by atoms with Gasteiger partial charge in [0, 0.05) is 25.3 Å². The molecule has 3 heterocycles. The first-order valence-electron chi connectivity index (χ1n) is 9.63. The Balaban J connectivity index is 1.39. The molecule has 0 atom stereocenters. The van der Waals surface area contributed by atoms with Gasteiger partial charge in [-0.15, -0.1) is 5.10 Å². The Bertz CT molecular complexity index is 1320. The Morgan fingerprint density at radius 3 is 2.44 bits per heavy atom. The van der Waals surface area contributed by atoms with Crippen LogP contribution in [0.3, 0.4) is 0 Å². The number of hydrogen-bond acceptors (Lipinski definition) is 9. The Labute approximate surface area is 184 Å². The summed E-state index contributed by atoms with van der Waals surface area (Å²) in [6.45, 7) is 0.232. The SMILES string of the molecule is CS(=O)(=O)c1cccc(S(=O)(=O)N2CCC(C(=O)Nc3nnc(-c4ccco4)o3)CC2)c1. The van der Waals surface area contributed by atoms with Crippen LogP contribution >= 0.6 is 0 Å². The highest BCUT2D eigenvalue weighted by molar-refractivity contribution is 7.91. The van der Waals surface area contributed by atoms with E-state index in [4.69, 9.17) is 8.83 Å². The summed E-state index contributed by atoms with van der Waals surface area (Å²) in [7, 11) is -7.43. The zero-order valence-corrected chi connectivity index (χ0v) is 18.6. The van der Waals surface area contributed by atoms with E-state index in [1.807, 2.05) is 0 Å². The van der Waals surface area contributed by atoms with Crippen LogP contribution in [-0.2, 0) is 24.7 Å². The van der Waals surface area contributed by atoms with Crippen LogP contribution in [0.1, 0.15) is 12.8 Å². The van der Waals surface area contributed by atoms with Gasteiger partial charge in [-0.25, -0.2) is 16.8 Å². The van der Waals surface area contributed by atoms with Crippen molar-refractivity contribution in [3.8, 4) is 11.7 Å². The van der Waals surface area contributed by atoms with Gasteiger partial charge in [0.15, 0.2) is 15.6 Å². The molecule has 0 bridgehead atoms. The van der Waals surface area contributed by atoms with Crippen LogP contribution in [0.2, 0.25) is 0 Å². The third-order valence-electron chi connectivity index (χ3n) is 5.08. The molecule has 4 rings (SSSR count). The van der Waals surface area contributed by atoms with Crippen molar-refractivity contribution in [1.82, 2.24) is 14.5 Å². The van der Waals surface area contributed by atoms with Crippen LogP contribution in [0.15, 0.2) is 61.3 Å². The fraction of sp³-hybridized carbons (Fsp3) is 0.316. The van der Waals surface area contributed by atoms with E-state index in [-0.39, 0.29) is 53.5 Å².